The Bertz CT molecular complexity index is 1070. The second-order valence-corrected chi connectivity index (χ2v) is 8.51. The predicted molar refractivity (Wildman–Crippen MR) is 128 cm³/mol. The highest BCUT2D eigenvalue weighted by atomic mass is 79.9. The quantitative estimate of drug-likeness (QED) is 0.253. The molecule has 0 saturated heterocycles. The molecule has 0 atom stereocenters. The van der Waals surface area contributed by atoms with Gasteiger partial charge in [0.25, 0.3) is 11.6 Å². The van der Waals surface area contributed by atoms with Crippen LogP contribution in [-0.2, 0) is 4.79 Å². The molecule has 1 heterocycles. The van der Waals surface area contributed by atoms with Gasteiger partial charge < -0.3 is 4.90 Å². The van der Waals surface area contributed by atoms with Crippen LogP contribution in [0.3, 0.4) is 0 Å². The lowest BCUT2D eigenvalue weighted by atomic mass is 10.2. The Balaban J connectivity index is 0.00000320. The Morgan fingerprint density at radius 3 is 2.53 bits per heavy atom. The highest BCUT2D eigenvalue weighted by Gasteiger charge is 2.18. The fourth-order valence-electron chi connectivity index (χ4n) is 2.57. The third kappa shape index (κ3) is 6.09. The number of rotatable bonds is 7. The van der Waals surface area contributed by atoms with Crippen molar-refractivity contribution in [2.24, 2.45) is 0 Å². The van der Waals surface area contributed by atoms with Crippen LogP contribution in [0.4, 0.5) is 10.8 Å². The summed E-state index contributed by atoms with van der Waals surface area (Å²) >= 11 is 4.92. The molecule has 0 unspecified atom stereocenters. The number of non-ortho nitro benzene ring substituents is 1. The van der Waals surface area contributed by atoms with Crippen LogP contribution in [0.15, 0.2) is 53.0 Å². The van der Waals surface area contributed by atoms with E-state index in [0.29, 0.717) is 23.8 Å². The van der Waals surface area contributed by atoms with Crippen molar-refractivity contribution >= 4 is 72.7 Å². The Morgan fingerprint density at radius 1 is 1.20 bits per heavy atom. The van der Waals surface area contributed by atoms with Gasteiger partial charge in [0, 0.05) is 35.8 Å². The van der Waals surface area contributed by atoms with Crippen molar-refractivity contribution in [2.45, 2.75) is 0 Å². The van der Waals surface area contributed by atoms with E-state index in [0.717, 1.165) is 14.7 Å². The second kappa shape index (κ2) is 10.6. The Kier molecular flexibility index (Phi) is 8.48. The van der Waals surface area contributed by atoms with E-state index in [1.807, 2.05) is 37.2 Å². The number of hydrogen-bond donors (Lipinski definition) is 0. The summed E-state index contributed by atoms with van der Waals surface area (Å²) in [5.41, 5.74) is 1.57. The first-order valence-electron chi connectivity index (χ1n) is 8.78. The number of amides is 1. The topological polar surface area (TPSA) is 79.6 Å². The minimum Gasteiger partial charge on any atom is -0.308 e. The molecule has 0 aliphatic carbocycles. The Labute approximate surface area is 192 Å². The molecule has 7 nitrogen and oxygen atoms in total. The number of fused-ring (bicyclic) bond motifs is 1. The molecule has 0 N–H and O–H groups in total. The smallest absolute Gasteiger partial charge is 0.269 e. The number of aromatic nitrogens is 1. The first-order chi connectivity index (χ1) is 13.8. The van der Waals surface area contributed by atoms with Crippen LogP contribution in [0.1, 0.15) is 5.56 Å². The number of hydrogen-bond acceptors (Lipinski definition) is 6. The zero-order chi connectivity index (χ0) is 21.0. The summed E-state index contributed by atoms with van der Waals surface area (Å²) in [5.74, 6) is -0.191. The zero-order valence-electron chi connectivity index (χ0n) is 16.3. The van der Waals surface area contributed by atoms with Gasteiger partial charge in [-0.1, -0.05) is 27.3 Å². The number of likely N-dealkylation sites (N-methyl/N-ethyl adjacent to an activating group) is 1. The minimum atomic E-state index is -0.451. The second-order valence-electron chi connectivity index (χ2n) is 6.58. The van der Waals surface area contributed by atoms with Crippen molar-refractivity contribution in [3.63, 3.8) is 0 Å². The molecule has 3 rings (SSSR count). The van der Waals surface area contributed by atoms with E-state index in [1.165, 1.54) is 29.5 Å². The average Bonchev–Trinajstić information content (AvgIpc) is 3.09. The van der Waals surface area contributed by atoms with E-state index in [2.05, 4.69) is 20.9 Å². The molecule has 0 aliphatic rings. The van der Waals surface area contributed by atoms with E-state index in [9.17, 15) is 14.9 Å². The van der Waals surface area contributed by atoms with Crippen LogP contribution in [0.5, 0.6) is 0 Å². The number of halogens is 2. The number of anilines is 1. The first-order valence-corrected chi connectivity index (χ1v) is 10.4. The van der Waals surface area contributed by atoms with Gasteiger partial charge in [0.2, 0.25) is 0 Å². The van der Waals surface area contributed by atoms with Crippen molar-refractivity contribution in [2.75, 3.05) is 32.1 Å². The molecule has 1 amide bonds. The number of thiazole rings is 1. The standard InChI is InChI=1S/C20H19BrN4O3S.ClH/c1-23(2)11-12-24(20-22-17-9-6-15(21)13-18(17)29-20)19(26)10-5-14-3-7-16(8-4-14)25(27)28;/h3-10,13H,11-12H2,1-2H3;1H. The molecule has 0 saturated carbocycles. The van der Waals surface area contributed by atoms with Crippen LogP contribution in [0.25, 0.3) is 16.3 Å². The fraction of sp³-hybridized carbons (Fsp3) is 0.200. The van der Waals surface area contributed by atoms with Crippen LogP contribution < -0.4 is 4.90 Å². The van der Waals surface area contributed by atoms with Crippen molar-refractivity contribution in [3.8, 4) is 0 Å². The molecule has 0 bridgehead atoms. The Morgan fingerprint density at radius 2 is 1.90 bits per heavy atom. The molecule has 0 spiro atoms. The lowest BCUT2D eigenvalue weighted by Crippen LogP contribution is -2.35. The molecule has 158 valence electrons. The van der Waals surface area contributed by atoms with Gasteiger partial charge in [-0.15, -0.1) is 12.4 Å². The van der Waals surface area contributed by atoms with Crippen molar-refractivity contribution in [1.82, 2.24) is 9.88 Å². The molecule has 0 fully saturated rings. The normalized spacial score (nSPS) is 11.1. The number of carbonyl (C=O) groups is 1. The summed E-state index contributed by atoms with van der Waals surface area (Å²) in [6.07, 6.45) is 3.12. The first kappa shape index (κ1) is 23.9. The van der Waals surface area contributed by atoms with Gasteiger partial charge in [-0.2, -0.15) is 0 Å². The zero-order valence-corrected chi connectivity index (χ0v) is 19.5. The predicted octanol–water partition coefficient (Wildman–Crippen LogP) is 5.00. The van der Waals surface area contributed by atoms with Gasteiger partial charge in [0.15, 0.2) is 5.13 Å². The van der Waals surface area contributed by atoms with Gasteiger partial charge in [0.1, 0.15) is 0 Å². The largest absolute Gasteiger partial charge is 0.308 e. The van der Waals surface area contributed by atoms with Gasteiger partial charge >= 0.3 is 0 Å². The van der Waals surface area contributed by atoms with Crippen LogP contribution in [0, 0.1) is 10.1 Å². The molecule has 10 heteroatoms. The molecule has 1 aromatic heterocycles. The van der Waals surface area contributed by atoms with Crippen molar-refractivity contribution in [3.05, 3.63) is 68.7 Å². The number of carbonyl (C=O) groups excluding carboxylic acids is 1. The highest BCUT2D eigenvalue weighted by Crippen LogP contribution is 2.31. The highest BCUT2D eigenvalue weighted by molar-refractivity contribution is 9.10. The molecule has 30 heavy (non-hydrogen) atoms. The third-order valence-corrected chi connectivity index (χ3v) is 5.66. The van der Waals surface area contributed by atoms with Crippen molar-refractivity contribution < 1.29 is 9.72 Å². The SMILES string of the molecule is CN(C)CCN(C(=O)C=Cc1ccc([N+](=O)[O-])cc1)c1nc2ccc(Br)cc2s1.Cl. The third-order valence-electron chi connectivity index (χ3n) is 4.13. The fourth-order valence-corrected chi connectivity index (χ4v) is 4.12. The number of nitro groups is 1. The monoisotopic (exact) mass is 510 g/mol. The van der Waals surface area contributed by atoms with E-state index in [1.54, 1.807) is 23.1 Å². The summed E-state index contributed by atoms with van der Waals surface area (Å²) in [6.45, 7) is 1.19. The molecule has 2 aromatic carbocycles. The summed E-state index contributed by atoms with van der Waals surface area (Å²) in [4.78, 5) is 31.5. The van der Waals surface area contributed by atoms with Gasteiger partial charge in [0.05, 0.1) is 15.1 Å². The summed E-state index contributed by atoms with van der Waals surface area (Å²) in [7, 11) is 3.90. The maximum absolute atomic E-state index is 12.9. The van der Waals surface area contributed by atoms with Crippen LogP contribution in [-0.4, -0.2) is 47.9 Å². The maximum Gasteiger partial charge on any atom is 0.269 e. The summed E-state index contributed by atoms with van der Waals surface area (Å²) in [5, 5.41) is 11.4. The number of nitrogens with zero attached hydrogens (tertiary/aromatic N) is 4. The van der Waals surface area contributed by atoms with E-state index in [4.69, 9.17) is 0 Å². The number of benzene rings is 2. The van der Waals surface area contributed by atoms with Gasteiger partial charge in [-0.3, -0.25) is 19.8 Å². The van der Waals surface area contributed by atoms with Gasteiger partial charge in [-0.25, -0.2) is 4.98 Å². The Hall–Kier alpha value is -2.33. The van der Waals surface area contributed by atoms with E-state index in [-0.39, 0.29) is 24.0 Å². The van der Waals surface area contributed by atoms with Crippen LogP contribution in [0.2, 0.25) is 0 Å². The maximum atomic E-state index is 12.9. The van der Waals surface area contributed by atoms with E-state index >= 15 is 0 Å². The lowest BCUT2D eigenvalue weighted by molar-refractivity contribution is -0.384. The number of nitro benzene ring substituents is 1. The summed E-state index contributed by atoms with van der Waals surface area (Å²) < 4.78 is 1.96. The summed E-state index contributed by atoms with van der Waals surface area (Å²) in [6, 6.07) is 11.9. The average molecular weight is 512 g/mol. The molecule has 3 aromatic rings. The minimum absolute atomic E-state index is 0. The molecule has 0 radical (unpaired) electrons. The van der Waals surface area contributed by atoms with Crippen LogP contribution >= 0.6 is 39.7 Å². The lowest BCUT2D eigenvalue weighted by Gasteiger charge is -2.20. The molecular weight excluding hydrogens is 492 g/mol. The van der Waals surface area contributed by atoms with Crippen molar-refractivity contribution in [1.29, 1.82) is 0 Å². The molecule has 0 aliphatic heterocycles. The molecular formula is C20H20BrClN4O3S. The van der Waals surface area contributed by atoms with E-state index < -0.39 is 4.92 Å². The van der Waals surface area contributed by atoms with Gasteiger partial charge in [-0.05, 0) is 56.1 Å².